The zero-order valence-electron chi connectivity index (χ0n) is 11.9. The van der Waals surface area contributed by atoms with Crippen molar-refractivity contribution in [3.8, 4) is 0 Å². The molecule has 2 aromatic heterocycles. The van der Waals surface area contributed by atoms with E-state index in [0.29, 0.717) is 4.96 Å². The number of nitrogens with zero attached hydrogens (tertiary/aromatic N) is 2. The highest BCUT2D eigenvalue weighted by Gasteiger charge is 2.17. The summed E-state index contributed by atoms with van der Waals surface area (Å²) in [6.07, 6.45) is 1.23. The molecule has 0 aliphatic carbocycles. The van der Waals surface area contributed by atoms with Gasteiger partial charge < -0.3 is 5.32 Å². The quantitative estimate of drug-likeness (QED) is 0.790. The van der Waals surface area contributed by atoms with Crippen LogP contribution in [-0.4, -0.2) is 15.3 Å². The Morgan fingerprint density at radius 1 is 1.32 bits per heavy atom. The number of thiazole rings is 1. The van der Waals surface area contributed by atoms with Gasteiger partial charge in [-0.1, -0.05) is 12.1 Å². The molecular weight excluding hydrogens is 305 g/mol. The molecule has 5 nitrogen and oxygen atoms in total. The fraction of sp³-hybridized carbons (Fsp3) is 0.133. The number of anilines is 1. The third kappa shape index (κ3) is 2.29. The van der Waals surface area contributed by atoms with Crippen molar-refractivity contribution in [2.75, 3.05) is 5.32 Å². The average molecular weight is 317 g/mol. The Morgan fingerprint density at radius 2 is 2.05 bits per heavy atom. The van der Waals surface area contributed by atoms with Crippen LogP contribution < -0.4 is 10.9 Å². The maximum Gasteiger partial charge on any atom is 0.271 e. The van der Waals surface area contributed by atoms with Gasteiger partial charge in [-0.2, -0.15) is 0 Å². The molecule has 1 amide bonds. The van der Waals surface area contributed by atoms with Crippen molar-refractivity contribution in [3.05, 3.63) is 62.8 Å². The summed E-state index contributed by atoms with van der Waals surface area (Å²) >= 11 is 1.38. The topological polar surface area (TPSA) is 63.5 Å². The number of nitrogens with one attached hydrogen (secondary N) is 1. The number of aryl methyl sites for hydroxylation is 2. The molecule has 0 unspecified atom stereocenters. The molecule has 0 radical (unpaired) electrons. The lowest BCUT2D eigenvalue weighted by Crippen LogP contribution is -2.27. The molecule has 7 heteroatoms. The second kappa shape index (κ2) is 5.34. The summed E-state index contributed by atoms with van der Waals surface area (Å²) in [5, 5.41) is 2.39. The van der Waals surface area contributed by atoms with Crippen molar-refractivity contribution in [2.45, 2.75) is 13.8 Å². The fourth-order valence-electron chi connectivity index (χ4n) is 2.08. The third-order valence-electron chi connectivity index (χ3n) is 3.38. The minimum atomic E-state index is -0.680. The first kappa shape index (κ1) is 14.4. The van der Waals surface area contributed by atoms with E-state index in [1.165, 1.54) is 40.1 Å². The van der Waals surface area contributed by atoms with Gasteiger partial charge in [0.2, 0.25) is 0 Å². The Morgan fingerprint density at radius 3 is 2.77 bits per heavy atom. The van der Waals surface area contributed by atoms with E-state index in [1.54, 1.807) is 13.0 Å². The van der Waals surface area contributed by atoms with Crippen LogP contribution in [0, 0.1) is 19.7 Å². The van der Waals surface area contributed by atoms with Crippen LogP contribution in [0.5, 0.6) is 0 Å². The Labute approximate surface area is 129 Å². The van der Waals surface area contributed by atoms with Crippen LogP contribution in [0.2, 0.25) is 0 Å². The standard InChI is InChI=1S/C15H12FN3O2S/c1-8-9(2)22-15-17-7-10(14(21)19(8)15)13(20)18-12-6-4-3-5-11(12)16/h3-7H,1-2H3,(H,18,20). The average Bonchev–Trinajstić information content (AvgIpc) is 2.77. The lowest BCUT2D eigenvalue weighted by atomic mass is 10.2. The van der Waals surface area contributed by atoms with Crippen LogP contribution in [-0.2, 0) is 0 Å². The Bertz CT molecular complexity index is 946. The van der Waals surface area contributed by atoms with Gasteiger partial charge in [0.25, 0.3) is 11.5 Å². The highest BCUT2D eigenvalue weighted by molar-refractivity contribution is 7.17. The highest BCUT2D eigenvalue weighted by Crippen LogP contribution is 2.19. The zero-order valence-corrected chi connectivity index (χ0v) is 12.7. The van der Waals surface area contributed by atoms with Crippen LogP contribution in [0.25, 0.3) is 4.96 Å². The largest absolute Gasteiger partial charge is 0.319 e. The molecule has 0 saturated heterocycles. The van der Waals surface area contributed by atoms with Gasteiger partial charge in [0, 0.05) is 16.8 Å². The van der Waals surface area contributed by atoms with Crippen LogP contribution in [0.3, 0.4) is 0 Å². The third-order valence-corrected chi connectivity index (χ3v) is 4.46. The number of amides is 1. The van der Waals surface area contributed by atoms with Crippen molar-refractivity contribution in [3.63, 3.8) is 0 Å². The lowest BCUT2D eigenvalue weighted by molar-refractivity contribution is 0.102. The smallest absolute Gasteiger partial charge is 0.271 e. The number of hydrogen-bond donors (Lipinski definition) is 1. The minimum Gasteiger partial charge on any atom is -0.319 e. The molecule has 3 rings (SSSR count). The monoisotopic (exact) mass is 317 g/mol. The normalized spacial score (nSPS) is 10.9. The van der Waals surface area contributed by atoms with Gasteiger partial charge in [-0.05, 0) is 26.0 Å². The number of benzene rings is 1. The summed E-state index contributed by atoms with van der Waals surface area (Å²) in [4.78, 5) is 30.3. The van der Waals surface area contributed by atoms with Crippen molar-refractivity contribution in [1.29, 1.82) is 0 Å². The van der Waals surface area contributed by atoms with Crippen molar-refractivity contribution >= 4 is 27.9 Å². The van der Waals surface area contributed by atoms with E-state index in [1.807, 2.05) is 6.92 Å². The predicted octanol–water partition coefficient (Wildman–Crippen LogP) is 2.76. The molecule has 22 heavy (non-hydrogen) atoms. The first-order valence-electron chi connectivity index (χ1n) is 6.52. The van der Waals surface area contributed by atoms with Crippen LogP contribution in [0.4, 0.5) is 10.1 Å². The molecule has 112 valence electrons. The number of aromatic nitrogens is 2. The lowest BCUT2D eigenvalue weighted by Gasteiger charge is -2.06. The number of para-hydroxylation sites is 1. The van der Waals surface area contributed by atoms with Crippen molar-refractivity contribution in [2.24, 2.45) is 0 Å². The molecule has 0 bridgehead atoms. The number of carbonyl (C=O) groups excluding carboxylic acids is 1. The molecular formula is C15H12FN3O2S. The second-order valence-corrected chi connectivity index (χ2v) is 5.95. The minimum absolute atomic E-state index is 0.0234. The predicted molar refractivity (Wildman–Crippen MR) is 83.2 cm³/mol. The van der Waals surface area contributed by atoms with Gasteiger partial charge in [-0.3, -0.25) is 14.0 Å². The molecule has 0 aliphatic rings. The van der Waals surface area contributed by atoms with Gasteiger partial charge in [-0.15, -0.1) is 11.3 Å². The Balaban J connectivity index is 2.05. The molecule has 0 atom stereocenters. The number of carbonyl (C=O) groups is 1. The van der Waals surface area contributed by atoms with Gasteiger partial charge in [0.15, 0.2) is 4.96 Å². The number of hydrogen-bond acceptors (Lipinski definition) is 4. The Kier molecular flexibility index (Phi) is 3.50. The van der Waals surface area contributed by atoms with E-state index >= 15 is 0 Å². The van der Waals surface area contributed by atoms with Crippen LogP contribution >= 0.6 is 11.3 Å². The summed E-state index contributed by atoms with van der Waals surface area (Å²) in [6.45, 7) is 3.67. The van der Waals surface area contributed by atoms with Gasteiger partial charge in [0.1, 0.15) is 11.4 Å². The molecule has 1 N–H and O–H groups in total. The fourth-order valence-corrected chi connectivity index (χ4v) is 3.01. The van der Waals surface area contributed by atoms with E-state index in [2.05, 4.69) is 10.3 Å². The van der Waals surface area contributed by atoms with Gasteiger partial charge in [-0.25, -0.2) is 9.37 Å². The van der Waals surface area contributed by atoms with E-state index < -0.39 is 17.3 Å². The van der Waals surface area contributed by atoms with Crippen LogP contribution in [0.15, 0.2) is 35.3 Å². The summed E-state index contributed by atoms with van der Waals surface area (Å²) in [7, 11) is 0. The highest BCUT2D eigenvalue weighted by atomic mass is 32.1. The van der Waals surface area contributed by atoms with Gasteiger partial charge >= 0.3 is 0 Å². The molecule has 0 spiro atoms. The second-order valence-electron chi connectivity index (χ2n) is 4.77. The maximum absolute atomic E-state index is 13.6. The first-order valence-corrected chi connectivity index (χ1v) is 7.34. The summed E-state index contributed by atoms with van der Waals surface area (Å²) in [6, 6.07) is 5.78. The van der Waals surface area contributed by atoms with E-state index in [-0.39, 0.29) is 11.3 Å². The summed E-state index contributed by atoms with van der Waals surface area (Å²) in [5.74, 6) is -1.24. The first-order chi connectivity index (χ1) is 10.5. The molecule has 1 aromatic carbocycles. The molecule has 0 fully saturated rings. The number of halogens is 1. The van der Waals surface area contributed by atoms with E-state index in [0.717, 1.165) is 10.6 Å². The van der Waals surface area contributed by atoms with Crippen LogP contribution in [0.1, 0.15) is 20.9 Å². The van der Waals surface area contributed by atoms with E-state index in [9.17, 15) is 14.0 Å². The molecule has 0 aliphatic heterocycles. The van der Waals surface area contributed by atoms with Gasteiger partial charge in [0.05, 0.1) is 5.69 Å². The van der Waals surface area contributed by atoms with Crippen molar-refractivity contribution in [1.82, 2.24) is 9.38 Å². The Hall–Kier alpha value is -2.54. The molecule has 3 aromatic rings. The maximum atomic E-state index is 13.6. The molecule has 2 heterocycles. The summed E-state index contributed by atoms with van der Waals surface area (Å²) in [5.41, 5.74) is 0.190. The zero-order chi connectivity index (χ0) is 15.9. The summed E-state index contributed by atoms with van der Waals surface area (Å²) < 4.78 is 15.0. The van der Waals surface area contributed by atoms with E-state index in [4.69, 9.17) is 0 Å². The molecule has 0 saturated carbocycles. The number of rotatable bonds is 2. The van der Waals surface area contributed by atoms with Crippen molar-refractivity contribution < 1.29 is 9.18 Å². The number of fused-ring (bicyclic) bond motifs is 1. The SMILES string of the molecule is Cc1sc2ncc(C(=O)Nc3ccccc3F)c(=O)n2c1C.